The lowest BCUT2D eigenvalue weighted by Gasteiger charge is -2.28. The normalized spacial score (nSPS) is 12.9. The largest absolute Gasteiger partial charge is 0.456 e. The summed E-state index contributed by atoms with van der Waals surface area (Å²) in [6.07, 6.45) is 5.24. The summed E-state index contributed by atoms with van der Waals surface area (Å²) in [6, 6.07) is 9.49. The van der Waals surface area contributed by atoms with E-state index < -0.39 is 17.7 Å². The molecule has 1 rings (SSSR count). The van der Waals surface area contributed by atoms with E-state index in [0.29, 0.717) is 12.8 Å². The molecule has 0 fully saturated rings. The smallest absolute Gasteiger partial charge is 0.331 e. The van der Waals surface area contributed by atoms with Gasteiger partial charge in [-0.2, -0.15) is 0 Å². The van der Waals surface area contributed by atoms with Gasteiger partial charge in [-0.15, -0.1) is 0 Å². The van der Waals surface area contributed by atoms with Gasteiger partial charge in [0.15, 0.2) is 0 Å². The summed E-state index contributed by atoms with van der Waals surface area (Å²) in [5.74, 6) is -0.472. The van der Waals surface area contributed by atoms with Crippen molar-refractivity contribution in [3.8, 4) is 0 Å². The van der Waals surface area contributed by atoms with E-state index in [0.717, 1.165) is 11.1 Å². The zero-order valence-electron chi connectivity index (χ0n) is 13.3. The monoisotopic (exact) mass is 300 g/mol. The van der Waals surface area contributed by atoms with Crippen molar-refractivity contribution in [1.82, 2.24) is 0 Å². The zero-order valence-corrected chi connectivity index (χ0v) is 13.3. The summed E-state index contributed by atoms with van der Waals surface area (Å²) >= 11 is 0. The van der Waals surface area contributed by atoms with Gasteiger partial charge in [0.2, 0.25) is 0 Å². The number of hydrogen-bond acceptors (Lipinski definition) is 3. The molecule has 3 heteroatoms. The van der Waals surface area contributed by atoms with Crippen LogP contribution in [0.4, 0.5) is 0 Å². The van der Waals surface area contributed by atoms with Gasteiger partial charge in [-0.25, -0.2) is 4.79 Å². The number of ether oxygens (including phenoxy) is 1. The highest BCUT2D eigenvalue weighted by molar-refractivity contribution is 5.87. The fourth-order valence-electron chi connectivity index (χ4n) is 1.88. The number of carbonyl (C=O) groups excluding carboxylic acids is 1. The summed E-state index contributed by atoms with van der Waals surface area (Å²) in [6.45, 7) is 10.7. The molecule has 0 spiro atoms. The van der Waals surface area contributed by atoms with Crippen LogP contribution in [0.5, 0.6) is 0 Å². The summed E-state index contributed by atoms with van der Waals surface area (Å²) in [5.41, 5.74) is 0.655. The minimum Gasteiger partial charge on any atom is -0.456 e. The van der Waals surface area contributed by atoms with Crippen molar-refractivity contribution < 1.29 is 14.6 Å². The molecule has 1 aromatic carbocycles. The van der Waals surface area contributed by atoms with Crippen LogP contribution in [0.2, 0.25) is 0 Å². The van der Waals surface area contributed by atoms with Gasteiger partial charge >= 0.3 is 5.97 Å². The number of hydrogen-bond donors (Lipinski definition) is 1. The van der Waals surface area contributed by atoms with E-state index >= 15 is 0 Å². The maximum absolute atomic E-state index is 11.9. The van der Waals surface area contributed by atoms with Gasteiger partial charge in [-0.05, 0) is 38.3 Å². The van der Waals surface area contributed by atoms with Crippen LogP contribution in [0, 0.1) is 0 Å². The number of benzene rings is 1. The van der Waals surface area contributed by atoms with Crippen LogP contribution < -0.4 is 0 Å². The summed E-state index contributed by atoms with van der Waals surface area (Å²) < 4.78 is 5.38. The molecule has 1 N–H and O–H groups in total. The molecular formula is C19H24O3. The Kier molecular flexibility index (Phi) is 6.80. The van der Waals surface area contributed by atoms with Crippen LogP contribution in [-0.2, 0) is 9.53 Å². The topological polar surface area (TPSA) is 46.5 Å². The second kappa shape index (κ2) is 8.35. The van der Waals surface area contributed by atoms with E-state index in [1.807, 2.05) is 30.3 Å². The van der Waals surface area contributed by atoms with Gasteiger partial charge in [0.25, 0.3) is 0 Å². The number of aliphatic hydroxyl groups is 1. The quantitative estimate of drug-likeness (QED) is 0.450. The van der Waals surface area contributed by atoms with Crippen molar-refractivity contribution in [2.24, 2.45) is 0 Å². The van der Waals surface area contributed by atoms with Crippen molar-refractivity contribution >= 4 is 12.0 Å². The fourth-order valence-corrected chi connectivity index (χ4v) is 1.88. The van der Waals surface area contributed by atoms with E-state index in [9.17, 15) is 9.90 Å². The Balaban J connectivity index is 2.65. The summed E-state index contributed by atoms with van der Waals surface area (Å²) in [5, 5.41) is 10.1. The molecular weight excluding hydrogens is 276 g/mol. The number of rotatable bonds is 8. The van der Waals surface area contributed by atoms with Crippen molar-refractivity contribution in [1.29, 1.82) is 0 Å². The highest BCUT2D eigenvalue weighted by Crippen LogP contribution is 2.20. The standard InChI is InChI=1S/C19H24O3/c1-5-15(2)11-13-17(19(3,4)21)22-18(20)14-12-16-9-7-6-8-10-16/h5-10,12,14,17,21H,1-2,11,13H2,3-4H3. The highest BCUT2D eigenvalue weighted by atomic mass is 16.6. The summed E-state index contributed by atoms with van der Waals surface area (Å²) in [7, 11) is 0. The number of allylic oxidation sites excluding steroid dienone is 2. The van der Waals surface area contributed by atoms with Gasteiger partial charge in [0.05, 0.1) is 5.60 Å². The Hall–Kier alpha value is -2.13. The van der Waals surface area contributed by atoms with Crippen LogP contribution in [0.1, 0.15) is 32.3 Å². The number of esters is 1. The number of carbonyl (C=O) groups is 1. The Bertz CT molecular complexity index is 536. The molecule has 1 atom stereocenters. The zero-order chi connectivity index (χ0) is 16.6. The Morgan fingerprint density at radius 2 is 2.00 bits per heavy atom. The van der Waals surface area contributed by atoms with Crippen LogP contribution in [0.15, 0.2) is 61.2 Å². The lowest BCUT2D eigenvalue weighted by molar-refractivity contribution is -0.156. The lowest BCUT2D eigenvalue weighted by atomic mass is 9.95. The molecule has 0 bridgehead atoms. The third-order valence-electron chi connectivity index (χ3n) is 3.27. The molecule has 1 aromatic rings. The average molecular weight is 300 g/mol. The molecule has 22 heavy (non-hydrogen) atoms. The van der Waals surface area contributed by atoms with E-state index in [1.54, 1.807) is 26.0 Å². The van der Waals surface area contributed by atoms with Gasteiger partial charge in [0, 0.05) is 6.08 Å². The fraction of sp³-hybridized carbons (Fsp3) is 0.316. The highest BCUT2D eigenvalue weighted by Gasteiger charge is 2.29. The van der Waals surface area contributed by atoms with Gasteiger partial charge < -0.3 is 9.84 Å². The Morgan fingerprint density at radius 1 is 1.36 bits per heavy atom. The first kappa shape index (κ1) is 17.9. The maximum atomic E-state index is 11.9. The SMILES string of the molecule is C=CC(=C)CCC(OC(=O)C=Cc1ccccc1)C(C)(C)O. The molecule has 0 radical (unpaired) electrons. The van der Waals surface area contributed by atoms with Gasteiger partial charge in [0.1, 0.15) is 6.10 Å². The molecule has 0 aliphatic heterocycles. The molecule has 0 aromatic heterocycles. The predicted octanol–water partition coefficient (Wildman–Crippen LogP) is 3.90. The second-order valence-corrected chi connectivity index (χ2v) is 5.72. The molecule has 0 aliphatic rings. The van der Waals surface area contributed by atoms with Crippen molar-refractivity contribution in [3.63, 3.8) is 0 Å². The first-order valence-corrected chi connectivity index (χ1v) is 7.29. The van der Waals surface area contributed by atoms with Gasteiger partial charge in [-0.1, -0.05) is 55.1 Å². The lowest BCUT2D eigenvalue weighted by Crippen LogP contribution is -2.39. The molecule has 3 nitrogen and oxygen atoms in total. The molecule has 0 saturated carbocycles. The Labute approximate surface area is 132 Å². The van der Waals surface area contributed by atoms with Crippen molar-refractivity contribution in [3.05, 3.63) is 66.8 Å². The minimum absolute atomic E-state index is 0.472. The molecule has 0 heterocycles. The van der Waals surface area contributed by atoms with Gasteiger partial charge in [-0.3, -0.25) is 0 Å². The molecule has 0 amide bonds. The second-order valence-electron chi connectivity index (χ2n) is 5.72. The Morgan fingerprint density at radius 3 is 2.55 bits per heavy atom. The minimum atomic E-state index is -1.11. The maximum Gasteiger partial charge on any atom is 0.331 e. The van der Waals surface area contributed by atoms with Crippen LogP contribution >= 0.6 is 0 Å². The van der Waals surface area contributed by atoms with Crippen LogP contribution in [0.3, 0.4) is 0 Å². The van der Waals surface area contributed by atoms with E-state index in [-0.39, 0.29) is 0 Å². The van der Waals surface area contributed by atoms with Crippen molar-refractivity contribution in [2.45, 2.75) is 38.4 Å². The molecule has 1 unspecified atom stereocenters. The summed E-state index contributed by atoms with van der Waals surface area (Å²) in [4.78, 5) is 11.9. The van der Waals surface area contributed by atoms with E-state index in [1.165, 1.54) is 6.08 Å². The van der Waals surface area contributed by atoms with E-state index in [2.05, 4.69) is 13.2 Å². The molecule has 118 valence electrons. The van der Waals surface area contributed by atoms with Crippen LogP contribution in [-0.4, -0.2) is 22.8 Å². The molecule has 0 aliphatic carbocycles. The predicted molar refractivity (Wildman–Crippen MR) is 90.2 cm³/mol. The third kappa shape index (κ3) is 6.55. The van der Waals surface area contributed by atoms with Crippen LogP contribution in [0.25, 0.3) is 6.08 Å². The van der Waals surface area contributed by atoms with Crippen molar-refractivity contribution in [2.75, 3.05) is 0 Å². The van der Waals surface area contributed by atoms with E-state index in [4.69, 9.17) is 4.74 Å². The first-order chi connectivity index (χ1) is 10.3. The average Bonchev–Trinajstić information content (AvgIpc) is 2.48. The molecule has 0 saturated heterocycles. The third-order valence-corrected chi connectivity index (χ3v) is 3.27. The first-order valence-electron chi connectivity index (χ1n) is 7.29.